The van der Waals surface area contributed by atoms with Crippen LogP contribution in [0.3, 0.4) is 0 Å². The number of nitrogens with one attached hydrogen (secondary N) is 2. The number of fused-ring (bicyclic) bond motifs is 1. The molecule has 0 saturated carbocycles. The molecular weight excluding hydrogens is 427 g/mol. The van der Waals surface area contributed by atoms with Crippen LogP contribution in [0.1, 0.15) is 24.0 Å². The van der Waals surface area contributed by atoms with Gasteiger partial charge in [0.1, 0.15) is 11.2 Å². The summed E-state index contributed by atoms with van der Waals surface area (Å²) < 4.78 is 39.7. The first kappa shape index (κ1) is 22.0. The van der Waals surface area contributed by atoms with Crippen molar-refractivity contribution < 1.29 is 23.4 Å². The third-order valence-corrected chi connectivity index (χ3v) is 5.55. The monoisotopic (exact) mass is 449 g/mol. The average molecular weight is 449 g/mol. The van der Waals surface area contributed by atoms with Crippen LogP contribution in [0.25, 0.3) is 10.9 Å². The van der Waals surface area contributed by atoms with E-state index < -0.39 is 22.9 Å². The van der Waals surface area contributed by atoms with Gasteiger partial charge < -0.3 is 25.4 Å². The quantitative estimate of drug-likeness (QED) is 0.484. The van der Waals surface area contributed by atoms with Crippen molar-refractivity contribution >= 4 is 28.4 Å². The van der Waals surface area contributed by atoms with Crippen LogP contribution in [-0.2, 0) is 6.18 Å². The molecule has 4 rings (SSSR count). The first-order valence-electron chi connectivity index (χ1n) is 10.0. The molecule has 2 aromatic heterocycles. The molecule has 0 amide bonds. The molecule has 0 spiro atoms. The Hall–Kier alpha value is -3.18. The molecule has 1 fully saturated rings. The van der Waals surface area contributed by atoms with Crippen LogP contribution in [0.5, 0.6) is 0 Å². The lowest BCUT2D eigenvalue weighted by Gasteiger charge is -2.37. The number of piperidine rings is 1. The summed E-state index contributed by atoms with van der Waals surface area (Å²) in [4.78, 5) is 25.7. The third kappa shape index (κ3) is 4.39. The molecule has 0 aliphatic carbocycles. The molecule has 3 heterocycles. The summed E-state index contributed by atoms with van der Waals surface area (Å²) in [7, 11) is 0. The average Bonchev–Trinajstić information content (AvgIpc) is 2.73. The highest BCUT2D eigenvalue weighted by molar-refractivity contribution is 5.91. The van der Waals surface area contributed by atoms with Crippen molar-refractivity contribution in [1.29, 1.82) is 0 Å². The van der Waals surface area contributed by atoms with Crippen LogP contribution in [0.4, 0.5) is 30.6 Å². The molecule has 11 heteroatoms. The molecule has 4 N–H and O–H groups in total. The lowest BCUT2D eigenvalue weighted by molar-refractivity contribution is -0.137. The van der Waals surface area contributed by atoms with Crippen molar-refractivity contribution in [3.63, 3.8) is 0 Å². The Balaban J connectivity index is 1.76. The number of hydrogen-bond donors (Lipinski definition) is 4. The number of aliphatic hydroxyl groups is 2. The van der Waals surface area contributed by atoms with Crippen LogP contribution in [0, 0.1) is 6.92 Å². The number of benzene rings is 1. The van der Waals surface area contributed by atoms with Crippen LogP contribution in [0.2, 0.25) is 0 Å². The smallest absolute Gasteiger partial charge is 0.393 e. The number of rotatable bonds is 4. The minimum Gasteiger partial charge on any atom is -0.393 e. The summed E-state index contributed by atoms with van der Waals surface area (Å²) in [5.41, 5.74) is -1.59. The Kier molecular flexibility index (Phi) is 5.55. The van der Waals surface area contributed by atoms with Crippen LogP contribution in [0.15, 0.2) is 35.3 Å². The van der Waals surface area contributed by atoms with Crippen molar-refractivity contribution in [3.05, 3.63) is 51.9 Å². The second-order valence-corrected chi connectivity index (χ2v) is 8.02. The SMILES string of the molecule is Cc1cc(Nc2nc(N3CCC(O)(CO)CC3)nc3cc[nH]c(=O)c23)cc(C(F)(F)F)c1. The topological polar surface area (TPSA) is 114 Å². The second kappa shape index (κ2) is 8.06. The van der Waals surface area contributed by atoms with E-state index in [1.807, 2.05) is 0 Å². The largest absolute Gasteiger partial charge is 0.416 e. The summed E-state index contributed by atoms with van der Waals surface area (Å²) >= 11 is 0. The van der Waals surface area contributed by atoms with E-state index in [4.69, 9.17) is 0 Å². The van der Waals surface area contributed by atoms with E-state index in [0.29, 0.717) is 37.0 Å². The molecule has 0 unspecified atom stereocenters. The van der Waals surface area contributed by atoms with Gasteiger partial charge in [-0.3, -0.25) is 4.79 Å². The lowest BCUT2D eigenvalue weighted by Crippen LogP contribution is -2.47. The molecule has 3 aromatic rings. The molecule has 1 aromatic carbocycles. The molecule has 32 heavy (non-hydrogen) atoms. The zero-order valence-electron chi connectivity index (χ0n) is 17.2. The summed E-state index contributed by atoms with van der Waals surface area (Å²) in [5.74, 6) is 0.350. The van der Waals surface area contributed by atoms with E-state index in [9.17, 15) is 28.2 Å². The van der Waals surface area contributed by atoms with Gasteiger partial charge in [0, 0.05) is 25.0 Å². The van der Waals surface area contributed by atoms with Gasteiger partial charge in [-0.25, -0.2) is 4.98 Å². The number of aryl methyl sites for hydroxylation is 1. The van der Waals surface area contributed by atoms with E-state index in [2.05, 4.69) is 20.3 Å². The highest BCUT2D eigenvalue weighted by atomic mass is 19.4. The van der Waals surface area contributed by atoms with E-state index in [-0.39, 0.29) is 29.4 Å². The minimum atomic E-state index is -4.52. The first-order valence-corrected chi connectivity index (χ1v) is 10.0. The van der Waals surface area contributed by atoms with Gasteiger partial charge in [-0.15, -0.1) is 0 Å². The van der Waals surface area contributed by atoms with Crippen molar-refractivity contribution in [2.24, 2.45) is 0 Å². The van der Waals surface area contributed by atoms with Gasteiger partial charge in [0.15, 0.2) is 0 Å². The maximum absolute atomic E-state index is 13.2. The van der Waals surface area contributed by atoms with Gasteiger partial charge >= 0.3 is 6.18 Å². The molecule has 1 aliphatic rings. The maximum atomic E-state index is 13.2. The van der Waals surface area contributed by atoms with E-state index in [0.717, 1.165) is 12.1 Å². The Bertz CT molecular complexity index is 1200. The normalized spacial score (nSPS) is 16.4. The number of hydrogen-bond acceptors (Lipinski definition) is 7. The fourth-order valence-corrected chi connectivity index (χ4v) is 3.75. The zero-order chi connectivity index (χ0) is 23.1. The van der Waals surface area contributed by atoms with E-state index in [1.165, 1.54) is 12.3 Å². The number of aromatic nitrogens is 3. The van der Waals surface area contributed by atoms with E-state index >= 15 is 0 Å². The number of nitrogens with zero attached hydrogens (tertiary/aromatic N) is 3. The zero-order valence-corrected chi connectivity index (χ0v) is 17.2. The highest BCUT2D eigenvalue weighted by Gasteiger charge is 2.33. The molecule has 0 radical (unpaired) electrons. The van der Waals surface area contributed by atoms with Crippen LogP contribution < -0.4 is 15.8 Å². The van der Waals surface area contributed by atoms with Crippen molar-refractivity contribution in [2.45, 2.75) is 31.5 Å². The number of alkyl halides is 3. The molecular formula is C21H22F3N5O3. The predicted octanol–water partition coefficient (Wildman–Crippen LogP) is 2.71. The number of aromatic amines is 1. The van der Waals surface area contributed by atoms with Crippen LogP contribution >= 0.6 is 0 Å². The van der Waals surface area contributed by atoms with E-state index in [1.54, 1.807) is 17.9 Å². The number of halogens is 3. The fraction of sp³-hybridized carbons (Fsp3) is 0.381. The number of anilines is 3. The van der Waals surface area contributed by atoms with Gasteiger partial charge in [-0.2, -0.15) is 18.2 Å². The second-order valence-electron chi connectivity index (χ2n) is 8.02. The standard InChI is InChI=1S/C21H22F3N5O3/c1-12-8-13(21(22,23)24)10-14(9-12)26-17-16-15(2-5-25-18(16)31)27-19(28-17)29-6-3-20(32,11-30)4-7-29/h2,5,8-10,30,32H,3-4,6-7,11H2,1H3,(H,25,31)(H,26,27,28). The number of aliphatic hydroxyl groups excluding tert-OH is 1. The molecule has 170 valence electrons. The maximum Gasteiger partial charge on any atom is 0.416 e. The molecule has 1 saturated heterocycles. The Morgan fingerprint density at radius 3 is 2.59 bits per heavy atom. The molecule has 0 bridgehead atoms. The third-order valence-electron chi connectivity index (χ3n) is 5.55. The van der Waals surface area contributed by atoms with Crippen molar-refractivity contribution in [3.8, 4) is 0 Å². The molecule has 8 nitrogen and oxygen atoms in total. The Labute approximate surface area is 180 Å². The summed E-state index contributed by atoms with van der Waals surface area (Å²) in [5, 5.41) is 22.6. The number of H-pyrrole nitrogens is 1. The van der Waals surface area contributed by atoms with Gasteiger partial charge in [0.05, 0.1) is 23.3 Å². The van der Waals surface area contributed by atoms with Gasteiger partial charge in [-0.05, 0) is 49.6 Å². The lowest BCUT2D eigenvalue weighted by atomic mass is 9.93. The summed E-state index contributed by atoms with van der Waals surface area (Å²) in [6, 6.07) is 5.11. The van der Waals surface area contributed by atoms with Gasteiger partial charge in [-0.1, -0.05) is 0 Å². The Morgan fingerprint density at radius 2 is 1.94 bits per heavy atom. The number of pyridine rings is 1. The minimum absolute atomic E-state index is 0.0774. The fourth-order valence-electron chi connectivity index (χ4n) is 3.75. The first-order chi connectivity index (χ1) is 15.1. The summed E-state index contributed by atoms with van der Waals surface area (Å²) in [6.45, 7) is 1.94. The highest BCUT2D eigenvalue weighted by Crippen LogP contribution is 2.33. The molecule has 0 atom stereocenters. The van der Waals surface area contributed by atoms with Crippen molar-refractivity contribution in [2.75, 3.05) is 29.9 Å². The van der Waals surface area contributed by atoms with Crippen molar-refractivity contribution in [1.82, 2.24) is 15.0 Å². The Morgan fingerprint density at radius 1 is 1.22 bits per heavy atom. The predicted molar refractivity (Wildman–Crippen MR) is 113 cm³/mol. The van der Waals surface area contributed by atoms with Gasteiger partial charge in [0.2, 0.25) is 5.95 Å². The molecule has 1 aliphatic heterocycles. The van der Waals surface area contributed by atoms with Gasteiger partial charge in [0.25, 0.3) is 5.56 Å². The summed E-state index contributed by atoms with van der Waals surface area (Å²) in [6.07, 6.45) is -2.48. The van der Waals surface area contributed by atoms with Crippen LogP contribution in [-0.4, -0.2) is 50.5 Å².